The molecule has 0 aliphatic carbocycles. The fourth-order valence-corrected chi connectivity index (χ4v) is 1.40. The zero-order chi connectivity index (χ0) is 10.6. The van der Waals surface area contributed by atoms with Gasteiger partial charge < -0.3 is 5.11 Å². The fraction of sp³-hybridized carbons (Fsp3) is 0.182. The van der Waals surface area contributed by atoms with E-state index in [9.17, 15) is 4.79 Å². The van der Waals surface area contributed by atoms with E-state index in [1.54, 1.807) is 19.1 Å². The summed E-state index contributed by atoms with van der Waals surface area (Å²) in [6.07, 6.45) is 3.92. The van der Waals surface area contributed by atoms with Gasteiger partial charge in [-0.05, 0) is 24.1 Å². The van der Waals surface area contributed by atoms with Gasteiger partial charge in [-0.25, -0.2) is 4.79 Å². The first kappa shape index (κ1) is 11.0. The molecule has 0 heterocycles. The molecule has 0 amide bonds. The van der Waals surface area contributed by atoms with E-state index in [1.165, 1.54) is 0 Å². The number of hydrogen-bond acceptors (Lipinski definition) is 1. The molecule has 1 aromatic carbocycles. The standard InChI is InChI=1S/C11H11BrO2/c1-8-7-9(3-2-6-12)4-5-10(8)11(13)14/h2-5,7H,6H2,1H3,(H,13,14). The molecule has 1 rings (SSSR count). The van der Waals surface area contributed by atoms with Gasteiger partial charge in [0.2, 0.25) is 0 Å². The molecule has 0 saturated heterocycles. The van der Waals surface area contributed by atoms with Crippen molar-refractivity contribution in [2.75, 3.05) is 5.33 Å². The Morgan fingerprint density at radius 2 is 2.29 bits per heavy atom. The van der Waals surface area contributed by atoms with Crippen LogP contribution in [0.5, 0.6) is 0 Å². The van der Waals surface area contributed by atoms with Gasteiger partial charge in [0.25, 0.3) is 0 Å². The van der Waals surface area contributed by atoms with E-state index in [1.807, 2.05) is 18.2 Å². The monoisotopic (exact) mass is 254 g/mol. The summed E-state index contributed by atoms with van der Waals surface area (Å²) >= 11 is 3.28. The number of allylic oxidation sites excluding steroid dienone is 1. The number of carbonyl (C=O) groups is 1. The number of alkyl halides is 1. The highest BCUT2D eigenvalue weighted by Gasteiger charge is 2.05. The zero-order valence-electron chi connectivity index (χ0n) is 7.83. The summed E-state index contributed by atoms with van der Waals surface area (Å²) in [5.74, 6) is -0.876. The Labute approximate surface area is 91.4 Å². The SMILES string of the molecule is Cc1cc(C=CCBr)ccc1C(=O)O. The second kappa shape index (κ2) is 4.96. The van der Waals surface area contributed by atoms with Crippen LogP contribution >= 0.6 is 15.9 Å². The first-order valence-electron chi connectivity index (χ1n) is 4.21. The van der Waals surface area contributed by atoms with Crippen molar-refractivity contribution in [2.45, 2.75) is 6.92 Å². The van der Waals surface area contributed by atoms with Crippen LogP contribution in [0.4, 0.5) is 0 Å². The van der Waals surface area contributed by atoms with Crippen LogP contribution in [0.2, 0.25) is 0 Å². The quantitative estimate of drug-likeness (QED) is 0.842. The molecule has 0 spiro atoms. The van der Waals surface area contributed by atoms with Gasteiger partial charge in [0.1, 0.15) is 0 Å². The third-order valence-corrected chi connectivity index (χ3v) is 2.25. The van der Waals surface area contributed by atoms with Gasteiger partial charge in [0.15, 0.2) is 0 Å². The van der Waals surface area contributed by atoms with Crippen molar-refractivity contribution in [1.29, 1.82) is 0 Å². The largest absolute Gasteiger partial charge is 0.478 e. The maximum Gasteiger partial charge on any atom is 0.335 e. The van der Waals surface area contributed by atoms with Crippen LogP contribution in [-0.4, -0.2) is 16.4 Å². The van der Waals surface area contributed by atoms with Gasteiger partial charge in [-0.2, -0.15) is 0 Å². The number of carboxylic acids is 1. The highest BCUT2D eigenvalue weighted by Crippen LogP contribution is 2.12. The van der Waals surface area contributed by atoms with Crippen LogP contribution in [0.25, 0.3) is 6.08 Å². The van der Waals surface area contributed by atoms with E-state index in [2.05, 4.69) is 15.9 Å². The van der Waals surface area contributed by atoms with Gasteiger partial charge >= 0.3 is 5.97 Å². The second-order valence-corrected chi connectivity index (χ2v) is 3.58. The molecule has 0 aromatic heterocycles. The van der Waals surface area contributed by atoms with E-state index in [-0.39, 0.29) is 0 Å². The number of carboxylic acid groups (broad SMARTS) is 1. The number of benzene rings is 1. The third kappa shape index (κ3) is 2.70. The Kier molecular flexibility index (Phi) is 3.89. The van der Waals surface area contributed by atoms with Crippen LogP contribution in [0.3, 0.4) is 0 Å². The Balaban J connectivity index is 3.00. The molecule has 3 heteroatoms. The second-order valence-electron chi connectivity index (χ2n) is 2.94. The highest BCUT2D eigenvalue weighted by molar-refractivity contribution is 9.09. The van der Waals surface area contributed by atoms with Crippen LogP contribution in [0, 0.1) is 6.92 Å². The number of hydrogen-bond donors (Lipinski definition) is 1. The lowest BCUT2D eigenvalue weighted by Gasteiger charge is -2.01. The Bertz CT molecular complexity index is 370. The topological polar surface area (TPSA) is 37.3 Å². The minimum atomic E-state index is -0.876. The molecule has 0 aliphatic rings. The molecule has 0 bridgehead atoms. The van der Waals surface area contributed by atoms with Crippen molar-refractivity contribution < 1.29 is 9.90 Å². The number of rotatable bonds is 3. The maximum absolute atomic E-state index is 10.7. The summed E-state index contributed by atoms with van der Waals surface area (Å²) in [6, 6.07) is 5.30. The van der Waals surface area contributed by atoms with Crippen LogP contribution < -0.4 is 0 Å². The van der Waals surface area contributed by atoms with Crippen molar-refractivity contribution in [1.82, 2.24) is 0 Å². The van der Waals surface area contributed by atoms with E-state index in [4.69, 9.17) is 5.11 Å². The lowest BCUT2D eigenvalue weighted by Crippen LogP contribution is -1.99. The lowest BCUT2D eigenvalue weighted by atomic mass is 10.1. The normalized spacial score (nSPS) is 10.7. The summed E-state index contributed by atoms with van der Waals surface area (Å²) in [5, 5.41) is 9.61. The zero-order valence-corrected chi connectivity index (χ0v) is 9.41. The Morgan fingerprint density at radius 1 is 1.57 bits per heavy atom. The van der Waals surface area contributed by atoms with Crippen molar-refractivity contribution in [2.24, 2.45) is 0 Å². The minimum Gasteiger partial charge on any atom is -0.478 e. The van der Waals surface area contributed by atoms with Crippen molar-refractivity contribution in [3.63, 3.8) is 0 Å². The van der Waals surface area contributed by atoms with E-state index in [0.717, 1.165) is 16.5 Å². The number of aryl methyl sites for hydroxylation is 1. The molecule has 0 saturated carbocycles. The molecule has 14 heavy (non-hydrogen) atoms. The fourth-order valence-electron chi connectivity index (χ4n) is 1.21. The molecule has 74 valence electrons. The van der Waals surface area contributed by atoms with Crippen LogP contribution in [0.15, 0.2) is 24.3 Å². The maximum atomic E-state index is 10.7. The van der Waals surface area contributed by atoms with E-state index < -0.39 is 5.97 Å². The summed E-state index contributed by atoms with van der Waals surface area (Å²) in [4.78, 5) is 10.7. The van der Waals surface area contributed by atoms with Gasteiger partial charge in [0.05, 0.1) is 5.56 Å². The van der Waals surface area contributed by atoms with Gasteiger partial charge in [-0.3, -0.25) is 0 Å². The third-order valence-electron chi connectivity index (χ3n) is 1.88. The lowest BCUT2D eigenvalue weighted by molar-refractivity contribution is 0.0696. The van der Waals surface area contributed by atoms with Crippen LogP contribution in [0.1, 0.15) is 21.5 Å². The molecule has 2 nitrogen and oxygen atoms in total. The molecular formula is C11H11BrO2. The average molecular weight is 255 g/mol. The molecule has 0 atom stereocenters. The molecule has 1 N–H and O–H groups in total. The summed E-state index contributed by atoms with van der Waals surface area (Å²) in [7, 11) is 0. The first-order valence-corrected chi connectivity index (χ1v) is 5.33. The summed E-state index contributed by atoms with van der Waals surface area (Å²) in [6.45, 7) is 1.80. The van der Waals surface area contributed by atoms with E-state index >= 15 is 0 Å². The predicted octanol–water partition coefficient (Wildman–Crippen LogP) is 3.10. The summed E-state index contributed by atoms with van der Waals surface area (Å²) < 4.78 is 0. The molecule has 0 unspecified atom stereocenters. The number of aromatic carboxylic acids is 1. The first-order chi connectivity index (χ1) is 6.65. The van der Waals surface area contributed by atoms with Gasteiger partial charge in [0, 0.05) is 5.33 Å². The van der Waals surface area contributed by atoms with Gasteiger partial charge in [-0.15, -0.1) is 0 Å². The van der Waals surface area contributed by atoms with E-state index in [0.29, 0.717) is 5.56 Å². The molecular weight excluding hydrogens is 244 g/mol. The smallest absolute Gasteiger partial charge is 0.335 e. The Morgan fingerprint density at radius 3 is 2.79 bits per heavy atom. The summed E-state index contributed by atoms with van der Waals surface area (Å²) in [5.41, 5.74) is 2.17. The molecule has 0 radical (unpaired) electrons. The Hall–Kier alpha value is -1.09. The van der Waals surface area contributed by atoms with Crippen molar-refractivity contribution in [3.05, 3.63) is 41.0 Å². The van der Waals surface area contributed by atoms with Gasteiger partial charge in [-0.1, -0.05) is 40.2 Å². The number of halogens is 1. The molecule has 0 fully saturated rings. The predicted molar refractivity (Wildman–Crippen MR) is 61.0 cm³/mol. The van der Waals surface area contributed by atoms with Crippen LogP contribution in [-0.2, 0) is 0 Å². The molecule has 1 aromatic rings. The van der Waals surface area contributed by atoms with Crippen molar-refractivity contribution >= 4 is 28.0 Å². The average Bonchev–Trinajstić information content (AvgIpc) is 2.14. The molecule has 0 aliphatic heterocycles. The minimum absolute atomic E-state index is 0.362. The van der Waals surface area contributed by atoms with Crippen molar-refractivity contribution in [3.8, 4) is 0 Å². The highest BCUT2D eigenvalue weighted by atomic mass is 79.9.